The van der Waals surface area contributed by atoms with Gasteiger partial charge in [-0.1, -0.05) is 11.2 Å². The zero-order chi connectivity index (χ0) is 19.1. The van der Waals surface area contributed by atoms with Crippen LogP contribution in [-0.2, 0) is 14.4 Å². The summed E-state index contributed by atoms with van der Waals surface area (Å²) in [5, 5.41) is 3.95. The predicted octanol–water partition coefficient (Wildman–Crippen LogP) is 2.14. The Morgan fingerprint density at radius 2 is 1.81 bits per heavy atom. The van der Waals surface area contributed by atoms with E-state index in [0.29, 0.717) is 22.8 Å². The molecule has 2 aromatic carbocycles. The largest absolute Gasteiger partial charge is 0.493 e. The fraction of sp³-hybridized carbons (Fsp3) is 0.211. The first-order chi connectivity index (χ1) is 13.0. The summed E-state index contributed by atoms with van der Waals surface area (Å²) in [6, 6.07) is 10.3. The Labute approximate surface area is 153 Å². The number of oxime groups is 1. The summed E-state index contributed by atoms with van der Waals surface area (Å²) < 4.78 is 24.0. The van der Waals surface area contributed by atoms with Crippen LogP contribution in [0.1, 0.15) is 5.56 Å². The van der Waals surface area contributed by atoms with Crippen molar-refractivity contribution >= 4 is 23.2 Å². The highest BCUT2D eigenvalue weighted by molar-refractivity contribution is 6.32. The van der Waals surface area contributed by atoms with E-state index in [4.69, 9.17) is 14.3 Å². The van der Waals surface area contributed by atoms with Crippen LogP contribution in [0.2, 0.25) is 0 Å². The zero-order valence-corrected chi connectivity index (χ0v) is 14.5. The number of hydrogen-bond acceptors (Lipinski definition) is 6. The third-order valence-electron chi connectivity index (χ3n) is 4.56. The maximum Gasteiger partial charge on any atom is 0.278 e. The highest BCUT2D eigenvalue weighted by atomic mass is 19.1. The fourth-order valence-electron chi connectivity index (χ4n) is 3.28. The Balaban J connectivity index is 1.70. The number of carbonyl (C=O) groups is 2. The molecular formula is C19H15FN2O5. The average molecular weight is 370 g/mol. The van der Waals surface area contributed by atoms with Crippen molar-refractivity contribution in [1.29, 1.82) is 0 Å². The van der Waals surface area contributed by atoms with E-state index in [-0.39, 0.29) is 5.69 Å². The highest BCUT2D eigenvalue weighted by Gasteiger charge is 2.56. The lowest BCUT2D eigenvalue weighted by Gasteiger charge is -2.15. The molecule has 0 aromatic heterocycles. The Morgan fingerprint density at radius 1 is 1.04 bits per heavy atom. The van der Waals surface area contributed by atoms with Gasteiger partial charge in [-0.25, -0.2) is 9.29 Å². The van der Waals surface area contributed by atoms with Gasteiger partial charge in [-0.3, -0.25) is 9.59 Å². The van der Waals surface area contributed by atoms with Gasteiger partial charge >= 0.3 is 0 Å². The Kier molecular flexibility index (Phi) is 4.02. The SMILES string of the molecule is COc1ccc(C2=NO[C@@H]3C(=O)N(c4cccc(F)c4)C(=O)[C@H]23)cc1OC. The van der Waals surface area contributed by atoms with E-state index in [9.17, 15) is 14.0 Å². The van der Waals surface area contributed by atoms with Crippen molar-refractivity contribution in [2.24, 2.45) is 11.1 Å². The molecule has 0 saturated carbocycles. The lowest BCUT2D eigenvalue weighted by Crippen LogP contribution is -2.33. The van der Waals surface area contributed by atoms with E-state index in [2.05, 4.69) is 5.16 Å². The number of methoxy groups -OCH3 is 2. The smallest absolute Gasteiger partial charge is 0.278 e. The predicted molar refractivity (Wildman–Crippen MR) is 93.3 cm³/mol. The van der Waals surface area contributed by atoms with Gasteiger partial charge in [0.2, 0.25) is 12.0 Å². The van der Waals surface area contributed by atoms with Gasteiger partial charge in [-0.15, -0.1) is 0 Å². The minimum atomic E-state index is -1.07. The van der Waals surface area contributed by atoms with Crippen LogP contribution < -0.4 is 14.4 Å². The fourth-order valence-corrected chi connectivity index (χ4v) is 3.28. The maximum absolute atomic E-state index is 13.5. The summed E-state index contributed by atoms with van der Waals surface area (Å²) in [5.74, 6) is -1.55. The molecule has 4 rings (SSSR count). The van der Waals surface area contributed by atoms with Crippen LogP contribution in [0, 0.1) is 11.7 Å². The third-order valence-corrected chi connectivity index (χ3v) is 4.56. The van der Waals surface area contributed by atoms with Crippen LogP contribution in [0.5, 0.6) is 11.5 Å². The zero-order valence-electron chi connectivity index (χ0n) is 14.5. The number of carbonyl (C=O) groups excluding carboxylic acids is 2. The van der Waals surface area contributed by atoms with Crippen molar-refractivity contribution in [3.05, 3.63) is 53.8 Å². The molecule has 0 spiro atoms. The van der Waals surface area contributed by atoms with E-state index in [1.807, 2.05) is 0 Å². The first-order valence-electron chi connectivity index (χ1n) is 8.14. The molecule has 2 amide bonds. The van der Waals surface area contributed by atoms with Gasteiger partial charge in [0.15, 0.2) is 11.5 Å². The van der Waals surface area contributed by atoms with E-state index in [0.717, 1.165) is 11.0 Å². The summed E-state index contributed by atoms with van der Waals surface area (Å²) >= 11 is 0. The monoisotopic (exact) mass is 370 g/mol. The number of benzene rings is 2. The van der Waals surface area contributed by atoms with E-state index in [1.54, 1.807) is 18.2 Å². The van der Waals surface area contributed by atoms with E-state index < -0.39 is 29.7 Å². The number of imide groups is 1. The maximum atomic E-state index is 13.5. The molecule has 0 radical (unpaired) electrons. The van der Waals surface area contributed by atoms with Crippen molar-refractivity contribution in [1.82, 2.24) is 0 Å². The molecule has 1 fully saturated rings. The quantitative estimate of drug-likeness (QED) is 0.771. The third kappa shape index (κ3) is 2.61. The Bertz CT molecular complexity index is 974. The van der Waals surface area contributed by atoms with Gasteiger partial charge in [0.1, 0.15) is 17.4 Å². The van der Waals surface area contributed by atoms with Gasteiger partial charge < -0.3 is 14.3 Å². The molecule has 0 aliphatic carbocycles. The number of halogens is 1. The lowest BCUT2D eigenvalue weighted by atomic mass is 9.94. The molecule has 2 heterocycles. The van der Waals surface area contributed by atoms with Crippen molar-refractivity contribution in [3.63, 3.8) is 0 Å². The average Bonchev–Trinajstić information content (AvgIpc) is 3.21. The topological polar surface area (TPSA) is 77.4 Å². The molecule has 8 heteroatoms. The molecule has 0 bridgehead atoms. The van der Waals surface area contributed by atoms with Crippen LogP contribution in [0.4, 0.5) is 10.1 Å². The molecule has 0 N–H and O–H groups in total. The minimum Gasteiger partial charge on any atom is -0.493 e. The van der Waals surface area contributed by atoms with Crippen LogP contribution in [0.15, 0.2) is 47.6 Å². The van der Waals surface area contributed by atoms with Gasteiger partial charge in [0.05, 0.1) is 19.9 Å². The highest BCUT2D eigenvalue weighted by Crippen LogP contribution is 2.37. The minimum absolute atomic E-state index is 0.162. The normalized spacial score (nSPS) is 21.0. The van der Waals surface area contributed by atoms with Crippen LogP contribution in [0.25, 0.3) is 0 Å². The van der Waals surface area contributed by atoms with Gasteiger partial charge in [-0.2, -0.15) is 0 Å². The summed E-state index contributed by atoms with van der Waals surface area (Å²) in [7, 11) is 3.01. The molecule has 0 unspecified atom stereocenters. The Morgan fingerprint density at radius 3 is 2.52 bits per heavy atom. The van der Waals surface area contributed by atoms with Crippen molar-refractivity contribution in [2.45, 2.75) is 6.10 Å². The molecular weight excluding hydrogens is 355 g/mol. The lowest BCUT2D eigenvalue weighted by molar-refractivity contribution is -0.126. The summed E-state index contributed by atoms with van der Waals surface area (Å²) in [6.45, 7) is 0. The second kappa shape index (κ2) is 6.39. The second-order valence-electron chi connectivity index (χ2n) is 6.04. The van der Waals surface area contributed by atoms with Gasteiger partial charge in [-0.05, 0) is 36.4 Å². The first kappa shape index (κ1) is 17.0. The number of rotatable bonds is 4. The number of ether oxygens (including phenoxy) is 2. The standard InChI is InChI=1S/C19H15FN2O5/c1-25-13-7-6-10(8-14(13)26-2)16-15-17(27-21-16)19(24)22(18(15)23)12-5-3-4-11(20)9-12/h3-9,15,17H,1-2H3/t15-,17+/m1/s1. The summed E-state index contributed by atoms with van der Waals surface area (Å²) in [5.41, 5.74) is 1.05. The van der Waals surface area contributed by atoms with Crippen molar-refractivity contribution in [2.75, 3.05) is 19.1 Å². The molecule has 2 atom stereocenters. The number of anilines is 1. The molecule has 27 heavy (non-hydrogen) atoms. The summed E-state index contributed by atoms with van der Waals surface area (Å²) in [6.07, 6.45) is -1.07. The molecule has 1 saturated heterocycles. The number of fused-ring (bicyclic) bond motifs is 1. The summed E-state index contributed by atoms with van der Waals surface area (Å²) in [4.78, 5) is 31.8. The molecule has 2 aromatic rings. The molecule has 138 valence electrons. The van der Waals surface area contributed by atoms with Crippen LogP contribution in [0.3, 0.4) is 0 Å². The first-order valence-corrected chi connectivity index (χ1v) is 8.14. The molecule has 2 aliphatic heterocycles. The van der Waals surface area contributed by atoms with Gasteiger partial charge in [0.25, 0.3) is 5.91 Å². The number of amides is 2. The van der Waals surface area contributed by atoms with Gasteiger partial charge in [0, 0.05) is 5.56 Å². The molecule has 7 nitrogen and oxygen atoms in total. The van der Waals surface area contributed by atoms with Crippen LogP contribution >= 0.6 is 0 Å². The number of hydrogen-bond donors (Lipinski definition) is 0. The van der Waals surface area contributed by atoms with Crippen molar-refractivity contribution in [3.8, 4) is 11.5 Å². The Hall–Kier alpha value is -3.42. The second-order valence-corrected chi connectivity index (χ2v) is 6.04. The van der Waals surface area contributed by atoms with Crippen LogP contribution in [-0.4, -0.2) is 37.8 Å². The number of nitrogens with zero attached hydrogens (tertiary/aromatic N) is 2. The van der Waals surface area contributed by atoms with E-state index >= 15 is 0 Å². The van der Waals surface area contributed by atoms with Crippen molar-refractivity contribution < 1.29 is 28.3 Å². The molecule has 2 aliphatic rings. The van der Waals surface area contributed by atoms with E-state index in [1.165, 1.54) is 32.4 Å².